The molecule has 0 amide bonds. The predicted molar refractivity (Wildman–Crippen MR) is 140 cm³/mol. The summed E-state index contributed by atoms with van der Waals surface area (Å²) in [5.74, 6) is 0.487. The smallest absolute Gasteiger partial charge is 1.00 e. The summed E-state index contributed by atoms with van der Waals surface area (Å²) in [4.78, 5) is 2.50. The van der Waals surface area contributed by atoms with Gasteiger partial charge in [-0.15, -0.1) is 0 Å². The summed E-state index contributed by atoms with van der Waals surface area (Å²) in [7, 11) is 0. The standard InChI is InChI=1S/C15H8ClS.C15H10Cl.2ClH.Zr/c16-14-8-12-7-10-4-5-13(15(10)14)9-2-1-3-11(6-9)17-12;16-14-8-4-7-12-9-10-13(15(12)14)11-5-2-1-3-6-11;;;/h1-4,6-8,13H;1-9,13H;2*1H;/q;;;;+2/p-2. The molecule has 2 aliphatic carbocycles. The van der Waals surface area contributed by atoms with Crippen LogP contribution in [0, 0.1) is 0 Å². The van der Waals surface area contributed by atoms with Crippen LogP contribution in [-0.2, 0) is 23.2 Å². The summed E-state index contributed by atoms with van der Waals surface area (Å²) in [5.41, 5.74) is 7.79. The van der Waals surface area contributed by atoms with Crippen molar-refractivity contribution in [3.8, 4) is 0 Å². The molecule has 0 saturated heterocycles. The second-order valence-corrected chi connectivity index (χ2v) is 14.3. The topological polar surface area (TPSA) is 0 Å². The summed E-state index contributed by atoms with van der Waals surface area (Å²) in [6.07, 6.45) is 4.88. The zero-order valence-electron chi connectivity index (χ0n) is 18.8. The molecule has 36 heavy (non-hydrogen) atoms. The van der Waals surface area contributed by atoms with Crippen LogP contribution in [0.1, 0.15) is 45.2 Å². The molecule has 8 rings (SSSR count). The Bertz CT molecular complexity index is 1540. The van der Waals surface area contributed by atoms with Crippen molar-refractivity contribution in [2.75, 3.05) is 0 Å². The number of allylic oxidation sites excluding steroid dienone is 2. The molecule has 4 aliphatic rings. The molecule has 0 aromatic heterocycles. The van der Waals surface area contributed by atoms with E-state index in [4.69, 9.17) is 23.2 Å². The Kier molecular flexibility index (Phi) is 7.68. The van der Waals surface area contributed by atoms with Crippen molar-refractivity contribution in [1.82, 2.24) is 0 Å². The summed E-state index contributed by atoms with van der Waals surface area (Å²) in [5, 5.41) is 1.76. The first-order valence-electron chi connectivity index (χ1n) is 11.3. The van der Waals surface area contributed by atoms with E-state index in [2.05, 4.69) is 91.0 Å². The van der Waals surface area contributed by atoms with Crippen molar-refractivity contribution >= 4 is 47.1 Å². The Balaban J connectivity index is 0.00000133. The maximum absolute atomic E-state index is 6.91. The van der Waals surface area contributed by atoms with Crippen LogP contribution < -0.4 is 24.8 Å². The van der Waals surface area contributed by atoms with E-state index in [9.17, 15) is 0 Å². The third-order valence-corrected chi connectivity index (χ3v) is 12.0. The van der Waals surface area contributed by atoms with Crippen molar-refractivity contribution < 1.29 is 48.0 Å². The van der Waals surface area contributed by atoms with Crippen molar-refractivity contribution in [2.24, 2.45) is 0 Å². The monoisotopic (exact) mass is 640 g/mol. The fourth-order valence-electron chi connectivity index (χ4n) is 5.51. The van der Waals surface area contributed by atoms with Crippen molar-refractivity contribution in [1.29, 1.82) is 0 Å². The molecule has 2 atom stereocenters. The van der Waals surface area contributed by atoms with Crippen LogP contribution in [0.15, 0.2) is 101 Å². The normalized spacial score (nSPS) is 17.9. The van der Waals surface area contributed by atoms with Crippen molar-refractivity contribution in [3.05, 3.63) is 135 Å². The van der Waals surface area contributed by atoms with Gasteiger partial charge < -0.3 is 24.8 Å². The van der Waals surface area contributed by atoms with Gasteiger partial charge in [0, 0.05) is 0 Å². The van der Waals surface area contributed by atoms with Gasteiger partial charge in [0.2, 0.25) is 0 Å². The second-order valence-electron chi connectivity index (χ2n) is 8.93. The van der Waals surface area contributed by atoms with E-state index in [1.54, 1.807) is 18.3 Å². The Labute approximate surface area is 249 Å². The number of hydrogen-bond donors (Lipinski definition) is 0. The van der Waals surface area contributed by atoms with Crippen LogP contribution in [-0.4, -0.2) is 0 Å². The predicted octanol–water partition coefficient (Wildman–Crippen LogP) is 3.22. The number of hydrogen-bond acceptors (Lipinski definition) is 1. The maximum Gasteiger partial charge on any atom is -1.00 e. The van der Waals surface area contributed by atoms with Gasteiger partial charge in [-0.3, -0.25) is 0 Å². The third kappa shape index (κ3) is 4.39. The molecule has 6 bridgehead atoms. The quantitative estimate of drug-likeness (QED) is 0.331. The maximum atomic E-state index is 6.91. The van der Waals surface area contributed by atoms with E-state index in [0.717, 1.165) is 10.0 Å². The first-order chi connectivity index (χ1) is 16.7. The van der Waals surface area contributed by atoms with E-state index >= 15 is 0 Å². The molecule has 0 nitrogen and oxygen atoms in total. The van der Waals surface area contributed by atoms with Gasteiger partial charge in [0.1, 0.15) is 0 Å². The number of halogens is 4. The number of benzene rings is 4. The van der Waals surface area contributed by atoms with Crippen LogP contribution in [0.4, 0.5) is 0 Å². The summed E-state index contributed by atoms with van der Waals surface area (Å²) >= 11 is 14.4. The van der Waals surface area contributed by atoms with E-state index in [0.29, 0.717) is 0 Å². The van der Waals surface area contributed by atoms with Crippen LogP contribution in [0.25, 0.3) is 12.2 Å². The molecule has 2 unspecified atom stereocenters. The Hall–Kier alpha value is -1.25. The molecule has 6 heteroatoms. The molecule has 4 aromatic carbocycles. The first kappa shape index (κ1) is 26.4. The van der Waals surface area contributed by atoms with Crippen molar-refractivity contribution in [3.63, 3.8) is 0 Å². The molecule has 2 aliphatic heterocycles. The van der Waals surface area contributed by atoms with Gasteiger partial charge in [-0.25, -0.2) is 0 Å². The van der Waals surface area contributed by atoms with Gasteiger partial charge in [-0.05, 0) is 0 Å². The molecule has 0 saturated carbocycles. The Morgan fingerprint density at radius 2 is 1.25 bits per heavy atom. The van der Waals surface area contributed by atoms with Gasteiger partial charge in [-0.2, -0.15) is 0 Å². The molecule has 0 radical (unpaired) electrons. The van der Waals surface area contributed by atoms with Gasteiger partial charge in [-0.1, -0.05) is 0 Å². The third-order valence-electron chi connectivity index (χ3n) is 6.89. The summed E-state index contributed by atoms with van der Waals surface area (Å²) in [6, 6.07) is 30.6. The van der Waals surface area contributed by atoms with E-state index in [1.807, 2.05) is 6.07 Å². The minimum absolute atomic E-state index is 0. The van der Waals surface area contributed by atoms with Crippen LogP contribution in [0.3, 0.4) is 0 Å². The van der Waals surface area contributed by atoms with Gasteiger partial charge in [0.15, 0.2) is 0 Å². The SMILES string of the molecule is Clc1cccc2c1C(c1ccccc1)[C]([Zr+2][C]1=Cc3cc4cc(Cl)c3C1c1cccc(c1)S4)=C2.[Cl-].[Cl-]. The van der Waals surface area contributed by atoms with Gasteiger partial charge in [0.25, 0.3) is 0 Å². The van der Waals surface area contributed by atoms with Crippen LogP contribution in [0.2, 0.25) is 10.0 Å². The minimum Gasteiger partial charge on any atom is -1.00 e. The summed E-state index contributed by atoms with van der Waals surface area (Å²) < 4.78 is 3.12. The molecular weight excluding hydrogens is 625 g/mol. The van der Waals surface area contributed by atoms with Crippen molar-refractivity contribution in [2.45, 2.75) is 21.6 Å². The zero-order valence-corrected chi connectivity index (χ0v) is 25.1. The second kappa shape index (κ2) is 10.5. The average molecular weight is 644 g/mol. The van der Waals surface area contributed by atoms with Gasteiger partial charge >= 0.3 is 227 Å². The zero-order chi connectivity index (χ0) is 22.8. The fourth-order valence-corrected chi connectivity index (χ4v) is 11.4. The molecule has 4 aromatic rings. The van der Waals surface area contributed by atoms with E-state index in [1.165, 1.54) is 43.2 Å². The van der Waals surface area contributed by atoms with E-state index in [-0.39, 0.29) is 36.6 Å². The molecule has 0 N–H and O–H groups in total. The molecule has 2 heterocycles. The number of rotatable bonds is 3. The fraction of sp³-hybridized carbons (Fsp3) is 0.0667. The van der Waals surface area contributed by atoms with Gasteiger partial charge in [0.05, 0.1) is 0 Å². The molecular formula is C30H18Cl4SZr. The van der Waals surface area contributed by atoms with Crippen LogP contribution >= 0.6 is 35.0 Å². The average Bonchev–Trinajstić information content (AvgIpc) is 3.40. The summed E-state index contributed by atoms with van der Waals surface area (Å²) in [6.45, 7) is 0. The Morgan fingerprint density at radius 1 is 0.583 bits per heavy atom. The number of fused-ring (bicyclic) bond motifs is 2. The molecule has 0 spiro atoms. The molecule has 176 valence electrons. The van der Waals surface area contributed by atoms with Crippen LogP contribution in [0.5, 0.6) is 0 Å². The first-order valence-corrected chi connectivity index (χ1v) is 15.3. The Morgan fingerprint density at radius 3 is 2.06 bits per heavy atom. The molecule has 0 fully saturated rings. The minimum atomic E-state index is -1.14. The van der Waals surface area contributed by atoms with E-state index < -0.39 is 23.2 Å². The largest absolute Gasteiger partial charge is 1.00 e.